The van der Waals surface area contributed by atoms with Gasteiger partial charge in [0.2, 0.25) is 6.79 Å². The first-order chi connectivity index (χ1) is 9.11. The van der Waals surface area contributed by atoms with E-state index in [-0.39, 0.29) is 18.7 Å². The van der Waals surface area contributed by atoms with Gasteiger partial charge < -0.3 is 18.9 Å². The average molecular weight is 266 g/mol. The summed E-state index contributed by atoms with van der Waals surface area (Å²) in [5.41, 5.74) is 0. The maximum Gasteiger partial charge on any atom is 0.347 e. The lowest BCUT2D eigenvalue weighted by molar-refractivity contribution is -0.153. The number of carbonyl (C=O) groups is 1. The molecule has 1 heterocycles. The van der Waals surface area contributed by atoms with Crippen LogP contribution in [-0.2, 0) is 9.53 Å². The van der Waals surface area contributed by atoms with Gasteiger partial charge in [0.1, 0.15) is 5.75 Å². The zero-order valence-corrected chi connectivity index (χ0v) is 11.3. The summed E-state index contributed by atoms with van der Waals surface area (Å²) in [4.78, 5) is 11.8. The normalized spacial score (nSPS) is 14.3. The highest BCUT2D eigenvalue weighted by Gasteiger charge is 2.26. The second-order valence-corrected chi connectivity index (χ2v) is 4.55. The Labute approximate surface area is 112 Å². The highest BCUT2D eigenvalue weighted by atomic mass is 16.7. The number of carbonyl (C=O) groups excluding carboxylic acids is 1. The van der Waals surface area contributed by atoms with Crippen molar-refractivity contribution in [2.24, 2.45) is 5.92 Å². The summed E-state index contributed by atoms with van der Waals surface area (Å²) in [5, 5.41) is 0. The monoisotopic (exact) mass is 266 g/mol. The number of hydrogen-bond donors (Lipinski definition) is 0. The predicted molar refractivity (Wildman–Crippen MR) is 68.5 cm³/mol. The Morgan fingerprint density at radius 3 is 2.74 bits per heavy atom. The molecule has 0 saturated carbocycles. The molecule has 0 aliphatic carbocycles. The van der Waals surface area contributed by atoms with E-state index >= 15 is 0 Å². The van der Waals surface area contributed by atoms with Gasteiger partial charge in [0.25, 0.3) is 0 Å². The zero-order valence-electron chi connectivity index (χ0n) is 11.3. The number of esters is 1. The van der Waals surface area contributed by atoms with Gasteiger partial charge in [-0.05, 0) is 19.1 Å². The van der Waals surface area contributed by atoms with E-state index in [4.69, 9.17) is 18.9 Å². The van der Waals surface area contributed by atoms with Crippen LogP contribution >= 0.6 is 0 Å². The minimum Gasteiger partial charge on any atom is -0.478 e. The molecule has 1 aromatic rings. The molecule has 104 valence electrons. The molecule has 5 nitrogen and oxygen atoms in total. The standard InChI is InChI=1S/C14H18O5/c1-4-16-14(15)13(9(2)3)19-10-5-6-11-12(7-10)18-8-17-11/h5-7,9,13H,4,8H2,1-3H3. The van der Waals surface area contributed by atoms with Crippen LogP contribution in [0.1, 0.15) is 20.8 Å². The van der Waals surface area contributed by atoms with Gasteiger partial charge in [-0.3, -0.25) is 0 Å². The summed E-state index contributed by atoms with van der Waals surface area (Å²) >= 11 is 0. The van der Waals surface area contributed by atoms with Crippen LogP contribution < -0.4 is 14.2 Å². The van der Waals surface area contributed by atoms with Crippen LogP contribution in [0.3, 0.4) is 0 Å². The Hall–Kier alpha value is -1.91. The minimum absolute atomic E-state index is 0.0180. The molecule has 0 N–H and O–H groups in total. The van der Waals surface area contributed by atoms with Crippen molar-refractivity contribution in [2.45, 2.75) is 26.9 Å². The molecule has 0 saturated heterocycles. The second-order valence-electron chi connectivity index (χ2n) is 4.55. The Morgan fingerprint density at radius 1 is 1.32 bits per heavy atom. The largest absolute Gasteiger partial charge is 0.478 e. The van der Waals surface area contributed by atoms with Crippen LogP contribution in [0.25, 0.3) is 0 Å². The van der Waals surface area contributed by atoms with Crippen molar-refractivity contribution in [3.63, 3.8) is 0 Å². The van der Waals surface area contributed by atoms with E-state index in [2.05, 4.69) is 0 Å². The van der Waals surface area contributed by atoms with Crippen molar-refractivity contribution in [3.05, 3.63) is 18.2 Å². The zero-order chi connectivity index (χ0) is 13.8. The molecular weight excluding hydrogens is 248 g/mol. The van der Waals surface area contributed by atoms with Crippen molar-refractivity contribution >= 4 is 5.97 Å². The SMILES string of the molecule is CCOC(=O)C(Oc1ccc2c(c1)OCO2)C(C)C. The van der Waals surface area contributed by atoms with Crippen molar-refractivity contribution in [3.8, 4) is 17.2 Å². The molecule has 0 bridgehead atoms. The first-order valence-electron chi connectivity index (χ1n) is 6.34. The number of hydrogen-bond acceptors (Lipinski definition) is 5. The van der Waals surface area contributed by atoms with Gasteiger partial charge in [-0.1, -0.05) is 13.8 Å². The summed E-state index contributed by atoms with van der Waals surface area (Å²) < 4.78 is 21.2. The van der Waals surface area contributed by atoms with Crippen LogP contribution in [0.15, 0.2) is 18.2 Å². The topological polar surface area (TPSA) is 54.0 Å². The fourth-order valence-corrected chi connectivity index (χ4v) is 1.78. The first kappa shape index (κ1) is 13.5. The molecular formula is C14H18O5. The molecule has 0 spiro atoms. The molecule has 1 aromatic carbocycles. The van der Waals surface area contributed by atoms with Gasteiger partial charge in [0, 0.05) is 12.0 Å². The van der Waals surface area contributed by atoms with E-state index in [0.717, 1.165) is 0 Å². The average Bonchev–Trinajstić information content (AvgIpc) is 2.83. The van der Waals surface area contributed by atoms with Gasteiger partial charge in [-0.15, -0.1) is 0 Å². The van der Waals surface area contributed by atoms with Crippen molar-refractivity contribution in [1.29, 1.82) is 0 Å². The first-order valence-corrected chi connectivity index (χ1v) is 6.34. The quantitative estimate of drug-likeness (QED) is 0.766. The summed E-state index contributed by atoms with van der Waals surface area (Å²) in [5.74, 6) is 1.55. The van der Waals surface area contributed by atoms with E-state index in [1.807, 2.05) is 13.8 Å². The van der Waals surface area contributed by atoms with E-state index in [9.17, 15) is 4.79 Å². The van der Waals surface area contributed by atoms with E-state index in [0.29, 0.717) is 23.9 Å². The molecule has 19 heavy (non-hydrogen) atoms. The molecule has 0 amide bonds. The maximum atomic E-state index is 11.8. The summed E-state index contributed by atoms with van der Waals surface area (Å²) in [6.45, 7) is 6.15. The van der Waals surface area contributed by atoms with Gasteiger partial charge >= 0.3 is 5.97 Å². The number of benzene rings is 1. The Kier molecular flexibility index (Phi) is 4.14. The fraction of sp³-hybridized carbons (Fsp3) is 0.500. The van der Waals surface area contributed by atoms with E-state index in [1.165, 1.54) is 0 Å². The lowest BCUT2D eigenvalue weighted by atomic mass is 10.1. The molecule has 2 rings (SSSR count). The third kappa shape index (κ3) is 3.10. The Balaban J connectivity index is 2.11. The molecule has 0 radical (unpaired) electrons. The second kappa shape index (κ2) is 5.82. The maximum absolute atomic E-state index is 11.8. The lowest BCUT2D eigenvalue weighted by Gasteiger charge is -2.20. The Morgan fingerprint density at radius 2 is 2.05 bits per heavy atom. The predicted octanol–water partition coefficient (Wildman–Crippen LogP) is 2.38. The molecule has 1 aliphatic heterocycles. The summed E-state index contributed by atoms with van der Waals surface area (Å²) in [7, 11) is 0. The van der Waals surface area contributed by atoms with Gasteiger partial charge in [-0.25, -0.2) is 4.79 Å². The molecule has 0 fully saturated rings. The van der Waals surface area contributed by atoms with Crippen molar-refractivity contribution in [1.82, 2.24) is 0 Å². The third-order valence-corrected chi connectivity index (χ3v) is 2.73. The van der Waals surface area contributed by atoms with E-state index < -0.39 is 6.10 Å². The highest BCUT2D eigenvalue weighted by molar-refractivity contribution is 5.75. The van der Waals surface area contributed by atoms with Crippen LogP contribution in [0.2, 0.25) is 0 Å². The highest BCUT2D eigenvalue weighted by Crippen LogP contribution is 2.35. The third-order valence-electron chi connectivity index (χ3n) is 2.73. The van der Waals surface area contributed by atoms with Crippen molar-refractivity contribution in [2.75, 3.05) is 13.4 Å². The molecule has 1 atom stereocenters. The number of rotatable bonds is 5. The van der Waals surface area contributed by atoms with Crippen molar-refractivity contribution < 1.29 is 23.7 Å². The van der Waals surface area contributed by atoms with Gasteiger partial charge in [0.15, 0.2) is 17.6 Å². The van der Waals surface area contributed by atoms with E-state index in [1.54, 1.807) is 25.1 Å². The van der Waals surface area contributed by atoms with Crippen LogP contribution in [0.5, 0.6) is 17.2 Å². The number of ether oxygens (including phenoxy) is 4. The van der Waals surface area contributed by atoms with Gasteiger partial charge in [-0.2, -0.15) is 0 Å². The fourth-order valence-electron chi connectivity index (χ4n) is 1.78. The number of fused-ring (bicyclic) bond motifs is 1. The molecule has 1 aliphatic rings. The lowest BCUT2D eigenvalue weighted by Crippen LogP contribution is -2.34. The van der Waals surface area contributed by atoms with Crippen LogP contribution in [0.4, 0.5) is 0 Å². The summed E-state index contributed by atoms with van der Waals surface area (Å²) in [6, 6.07) is 5.24. The molecule has 0 aromatic heterocycles. The minimum atomic E-state index is -0.625. The molecule has 5 heteroatoms. The van der Waals surface area contributed by atoms with Crippen LogP contribution in [0, 0.1) is 5.92 Å². The smallest absolute Gasteiger partial charge is 0.347 e. The summed E-state index contributed by atoms with van der Waals surface area (Å²) in [6.07, 6.45) is -0.625. The Bertz CT molecular complexity index is 455. The van der Waals surface area contributed by atoms with Gasteiger partial charge in [0.05, 0.1) is 6.61 Å². The van der Waals surface area contributed by atoms with Crippen LogP contribution in [-0.4, -0.2) is 25.5 Å². The molecule has 1 unspecified atom stereocenters.